The highest BCUT2D eigenvalue weighted by Crippen LogP contribution is 2.05. The minimum absolute atomic E-state index is 0.0208. The molecule has 7 heteroatoms. The van der Waals surface area contributed by atoms with Gasteiger partial charge in [0.2, 0.25) is 0 Å². The standard InChI is InChI=1S/C6H2N4O3/c11-5-3-2(7-1-8-5)4(6(12)13)10-9-3/h1H,(H,12,13). The molecule has 0 saturated carbocycles. The van der Waals surface area contributed by atoms with Crippen LogP contribution >= 0.6 is 0 Å². The van der Waals surface area contributed by atoms with Gasteiger partial charge < -0.3 is 5.11 Å². The van der Waals surface area contributed by atoms with Gasteiger partial charge in [-0.3, -0.25) is 4.79 Å². The lowest BCUT2D eigenvalue weighted by Gasteiger charge is -2.00. The van der Waals surface area contributed by atoms with Crippen LogP contribution in [-0.2, 0) is 9.59 Å². The average molecular weight is 178 g/mol. The minimum Gasteiger partial charge on any atom is -0.476 e. The fourth-order valence-electron chi connectivity index (χ4n) is 0.917. The first-order valence-electron chi connectivity index (χ1n) is 3.24. The maximum atomic E-state index is 11.0. The van der Waals surface area contributed by atoms with Crippen LogP contribution in [0.25, 0.3) is 0 Å². The Kier molecular flexibility index (Phi) is 1.38. The van der Waals surface area contributed by atoms with Gasteiger partial charge in [0.05, 0.1) is 0 Å². The molecule has 0 radical (unpaired) electrons. The number of aliphatic carboxylic acids is 1. The van der Waals surface area contributed by atoms with Gasteiger partial charge in [-0.05, 0) is 0 Å². The Morgan fingerprint density at radius 2 is 2.08 bits per heavy atom. The van der Waals surface area contributed by atoms with Crippen LogP contribution in [0.1, 0.15) is 0 Å². The number of hydrogen-bond acceptors (Lipinski definition) is 5. The number of nitrogens with zero attached hydrogens (tertiary/aromatic N) is 4. The molecule has 7 nitrogen and oxygen atoms in total. The van der Waals surface area contributed by atoms with Gasteiger partial charge in [0.25, 0.3) is 0 Å². The van der Waals surface area contributed by atoms with Crippen LogP contribution in [0.15, 0.2) is 20.2 Å². The van der Waals surface area contributed by atoms with Gasteiger partial charge in [-0.25, -0.2) is 9.79 Å². The molecule has 0 spiro atoms. The lowest BCUT2D eigenvalue weighted by atomic mass is 10.1. The molecule has 0 fully saturated rings. The van der Waals surface area contributed by atoms with E-state index in [1.807, 2.05) is 0 Å². The summed E-state index contributed by atoms with van der Waals surface area (Å²) in [5.74, 6) is -1.88. The van der Waals surface area contributed by atoms with Crippen molar-refractivity contribution in [3.8, 4) is 0 Å². The van der Waals surface area contributed by atoms with Crippen molar-refractivity contribution >= 4 is 35.4 Å². The van der Waals surface area contributed by atoms with Crippen LogP contribution in [-0.4, -0.2) is 40.5 Å². The molecule has 64 valence electrons. The Bertz CT molecular complexity index is 429. The van der Waals surface area contributed by atoms with E-state index in [2.05, 4.69) is 20.2 Å². The zero-order valence-corrected chi connectivity index (χ0v) is 6.13. The van der Waals surface area contributed by atoms with Crippen molar-refractivity contribution in [2.45, 2.75) is 0 Å². The lowest BCUT2D eigenvalue weighted by molar-refractivity contribution is -0.129. The number of amides is 1. The summed E-state index contributed by atoms with van der Waals surface area (Å²) in [4.78, 5) is 28.4. The topological polar surface area (TPSA) is 104 Å². The third-order valence-corrected chi connectivity index (χ3v) is 1.47. The monoisotopic (exact) mass is 178 g/mol. The first-order chi connectivity index (χ1) is 6.20. The fraction of sp³-hybridized carbons (Fsp3) is 0. The molecule has 0 bridgehead atoms. The van der Waals surface area contributed by atoms with Crippen LogP contribution in [0.3, 0.4) is 0 Å². The normalized spacial score (nSPS) is 19.1. The van der Waals surface area contributed by atoms with Crippen molar-refractivity contribution in [1.82, 2.24) is 0 Å². The number of aliphatic imine (C=N–C) groups is 2. The summed E-state index contributed by atoms with van der Waals surface area (Å²) in [6.07, 6.45) is 0.987. The molecule has 1 N–H and O–H groups in total. The van der Waals surface area contributed by atoms with E-state index in [1.165, 1.54) is 0 Å². The largest absolute Gasteiger partial charge is 0.476 e. The van der Waals surface area contributed by atoms with Crippen molar-refractivity contribution in [2.24, 2.45) is 20.2 Å². The van der Waals surface area contributed by atoms with Crippen LogP contribution in [0.4, 0.5) is 0 Å². The molecule has 2 aliphatic heterocycles. The Hall–Kier alpha value is -2.18. The predicted molar refractivity (Wildman–Crippen MR) is 43.4 cm³/mol. The quantitative estimate of drug-likeness (QED) is 0.550. The zero-order valence-electron chi connectivity index (χ0n) is 6.13. The number of carbonyl (C=O) groups is 2. The van der Waals surface area contributed by atoms with Crippen molar-refractivity contribution in [3.05, 3.63) is 0 Å². The summed E-state index contributed by atoms with van der Waals surface area (Å²) in [6.45, 7) is 0. The van der Waals surface area contributed by atoms with E-state index in [-0.39, 0.29) is 17.1 Å². The van der Waals surface area contributed by atoms with E-state index < -0.39 is 11.9 Å². The molecule has 0 saturated heterocycles. The second kappa shape index (κ2) is 2.41. The van der Waals surface area contributed by atoms with Gasteiger partial charge >= 0.3 is 11.9 Å². The molecular weight excluding hydrogens is 176 g/mol. The third kappa shape index (κ3) is 0.975. The number of rotatable bonds is 1. The summed E-state index contributed by atoms with van der Waals surface area (Å²) < 4.78 is 0. The molecule has 0 aromatic carbocycles. The second-order valence-corrected chi connectivity index (χ2v) is 2.23. The molecule has 0 unspecified atom stereocenters. The van der Waals surface area contributed by atoms with E-state index in [1.54, 1.807) is 0 Å². The highest BCUT2D eigenvalue weighted by Gasteiger charge is 2.33. The average Bonchev–Trinajstić information content (AvgIpc) is 2.48. The number of hydrogen-bond donors (Lipinski definition) is 1. The van der Waals surface area contributed by atoms with E-state index in [4.69, 9.17) is 5.11 Å². The summed E-state index contributed by atoms with van der Waals surface area (Å²) in [6, 6.07) is 0. The van der Waals surface area contributed by atoms with E-state index in [0.29, 0.717) is 0 Å². The lowest BCUT2D eigenvalue weighted by Crippen LogP contribution is -2.32. The maximum Gasteiger partial charge on any atom is 0.358 e. The van der Waals surface area contributed by atoms with Crippen LogP contribution in [0.2, 0.25) is 0 Å². The van der Waals surface area contributed by atoms with Crippen LogP contribution < -0.4 is 0 Å². The Labute approximate surface area is 71.2 Å². The molecule has 1 amide bonds. The molecular formula is C6H2N4O3. The molecule has 2 rings (SSSR count). The van der Waals surface area contributed by atoms with Crippen molar-refractivity contribution < 1.29 is 14.7 Å². The van der Waals surface area contributed by atoms with Crippen molar-refractivity contribution in [3.63, 3.8) is 0 Å². The first kappa shape index (κ1) is 7.47. The molecule has 0 aromatic heterocycles. The highest BCUT2D eigenvalue weighted by molar-refractivity contribution is 6.91. The molecule has 2 heterocycles. The SMILES string of the molecule is O=C(O)C1=NN=C2C(=O)N=CN=C12. The van der Waals surface area contributed by atoms with Gasteiger partial charge in [0.1, 0.15) is 12.1 Å². The Morgan fingerprint density at radius 1 is 1.31 bits per heavy atom. The maximum absolute atomic E-state index is 11.0. The van der Waals surface area contributed by atoms with Gasteiger partial charge in [0.15, 0.2) is 11.4 Å². The summed E-state index contributed by atoms with van der Waals surface area (Å²) in [5.41, 5.74) is -0.457. The fourth-order valence-corrected chi connectivity index (χ4v) is 0.917. The summed E-state index contributed by atoms with van der Waals surface area (Å²) >= 11 is 0. The van der Waals surface area contributed by atoms with Gasteiger partial charge in [-0.1, -0.05) is 0 Å². The number of carbonyl (C=O) groups excluding carboxylic acids is 1. The minimum atomic E-state index is -1.26. The molecule has 2 aliphatic rings. The smallest absolute Gasteiger partial charge is 0.358 e. The summed E-state index contributed by atoms with van der Waals surface area (Å²) in [5, 5.41) is 15.3. The van der Waals surface area contributed by atoms with Crippen molar-refractivity contribution in [1.29, 1.82) is 0 Å². The number of fused-ring (bicyclic) bond motifs is 1. The van der Waals surface area contributed by atoms with Crippen LogP contribution in [0, 0.1) is 0 Å². The van der Waals surface area contributed by atoms with Gasteiger partial charge in [-0.2, -0.15) is 4.99 Å². The van der Waals surface area contributed by atoms with E-state index in [9.17, 15) is 9.59 Å². The Balaban J connectivity index is 2.47. The van der Waals surface area contributed by atoms with E-state index >= 15 is 0 Å². The predicted octanol–water partition coefficient (Wildman–Crippen LogP) is -1.11. The molecule has 13 heavy (non-hydrogen) atoms. The molecule has 0 aromatic rings. The van der Waals surface area contributed by atoms with Gasteiger partial charge in [0, 0.05) is 0 Å². The molecule has 0 aliphatic carbocycles. The Morgan fingerprint density at radius 3 is 2.77 bits per heavy atom. The van der Waals surface area contributed by atoms with E-state index in [0.717, 1.165) is 6.34 Å². The summed E-state index contributed by atoms with van der Waals surface area (Å²) in [7, 11) is 0. The number of carboxylic acids is 1. The second-order valence-electron chi connectivity index (χ2n) is 2.23. The molecule has 0 atom stereocenters. The highest BCUT2D eigenvalue weighted by atomic mass is 16.4. The zero-order chi connectivity index (χ0) is 9.42. The van der Waals surface area contributed by atoms with Crippen molar-refractivity contribution in [2.75, 3.05) is 0 Å². The number of carboxylic acid groups (broad SMARTS) is 1. The van der Waals surface area contributed by atoms with Gasteiger partial charge in [-0.15, -0.1) is 10.2 Å². The third-order valence-electron chi connectivity index (χ3n) is 1.47. The van der Waals surface area contributed by atoms with Crippen LogP contribution in [0.5, 0.6) is 0 Å². The first-order valence-corrected chi connectivity index (χ1v) is 3.24.